The molecule has 0 heteroatoms. The third-order valence-corrected chi connectivity index (χ3v) is 8.46. The highest BCUT2D eigenvalue weighted by atomic mass is 14.3. The van der Waals surface area contributed by atoms with Crippen LogP contribution < -0.4 is 0 Å². The van der Waals surface area contributed by atoms with Crippen LogP contribution in [0.15, 0.2) is 130 Å². The Labute approximate surface area is 247 Å². The molecule has 0 aliphatic heterocycles. The highest BCUT2D eigenvalue weighted by Gasteiger charge is 2.30. The molecule has 0 amide bonds. The van der Waals surface area contributed by atoms with Crippen molar-refractivity contribution in [2.24, 2.45) is 16.7 Å². The quantitative estimate of drug-likeness (QED) is 0.192. The van der Waals surface area contributed by atoms with E-state index in [4.69, 9.17) is 0 Å². The Morgan fingerprint density at radius 1 is 0.700 bits per heavy atom. The summed E-state index contributed by atoms with van der Waals surface area (Å²) in [5, 5.41) is 0. The molecule has 0 nitrogen and oxygen atoms in total. The molecule has 0 bridgehead atoms. The third kappa shape index (κ3) is 11.3. The molecule has 0 N–H and O–H groups in total. The van der Waals surface area contributed by atoms with Crippen LogP contribution in [-0.2, 0) is 0 Å². The summed E-state index contributed by atoms with van der Waals surface area (Å²) in [7, 11) is 0. The van der Waals surface area contributed by atoms with Crippen LogP contribution in [0.2, 0.25) is 0 Å². The lowest BCUT2D eigenvalue weighted by atomic mass is 9.68. The molecule has 2 aliphatic rings. The summed E-state index contributed by atoms with van der Waals surface area (Å²) >= 11 is 0. The molecule has 1 unspecified atom stereocenters. The lowest BCUT2D eigenvalue weighted by molar-refractivity contribution is 0.255. The minimum atomic E-state index is 0.291. The van der Waals surface area contributed by atoms with Gasteiger partial charge in [-0.1, -0.05) is 152 Å². The average molecular weight is 537 g/mol. The molecule has 0 heterocycles. The van der Waals surface area contributed by atoms with E-state index in [1.54, 1.807) is 5.57 Å². The Bertz CT molecular complexity index is 1200. The topological polar surface area (TPSA) is 0 Å². The first-order valence-electron chi connectivity index (χ1n) is 15.3. The molecule has 0 saturated heterocycles. The average Bonchev–Trinajstić information content (AvgIpc) is 2.85. The van der Waals surface area contributed by atoms with Crippen LogP contribution in [-0.4, -0.2) is 0 Å². The monoisotopic (exact) mass is 536 g/mol. The van der Waals surface area contributed by atoms with Gasteiger partial charge in [-0.05, 0) is 90.0 Å². The van der Waals surface area contributed by atoms with Crippen molar-refractivity contribution < 1.29 is 0 Å². The van der Waals surface area contributed by atoms with E-state index in [0.717, 1.165) is 0 Å². The van der Waals surface area contributed by atoms with Crippen molar-refractivity contribution in [1.82, 2.24) is 0 Å². The molecule has 40 heavy (non-hydrogen) atoms. The van der Waals surface area contributed by atoms with Gasteiger partial charge in [-0.15, -0.1) is 0 Å². The molecular formula is C40H56. The second-order valence-electron chi connectivity index (χ2n) is 13.3. The Morgan fingerprint density at radius 3 is 1.77 bits per heavy atom. The van der Waals surface area contributed by atoms with Gasteiger partial charge in [0, 0.05) is 5.92 Å². The molecule has 2 aliphatic carbocycles. The summed E-state index contributed by atoms with van der Waals surface area (Å²) in [5.74, 6) is 0.532. The van der Waals surface area contributed by atoms with Crippen LogP contribution in [0.3, 0.4) is 0 Å². The Hall–Kier alpha value is -2.86. The summed E-state index contributed by atoms with van der Waals surface area (Å²) in [6.07, 6.45) is 39.5. The van der Waals surface area contributed by atoms with Gasteiger partial charge in [0.1, 0.15) is 0 Å². The van der Waals surface area contributed by atoms with Crippen LogP contribution in [0.25, 0.3) is 0 Å². The van der Waals surface area contributed by atoms with Gasteiger partial charge in [-0.2, -0.15) is 0 Å². The van der Waals surface area contributed by atoms with E-state index in [2.05, 4.69) is 160 Å². The highest BCUT2D eigenvalue weighted by Crippen LogP contribution is 2.42. The molecule has 0 spiro atoms. The zero-order valence-electron chi connectivity index (χ0n) is 27.3. The predicted octanol–water partition coefficient (Wildman–Crippen LogP) is 12.5. The van der Waals surface area contributed by atoms with E-state index < -0.39 is 0 Å². The van der Waals surface area contributed by atoms with Crippen LogP contribution in [0.4, 0.5) is 0 Å². The fourth-order valence-electron chi connectivity index (χ4n) is 5.80. The zero-order valence-corrected chi connectivity index (χ0v) is 27.3. The van der Waals surface area contributed by atoms with Crippen molar-refractivity contribution in [3.8, 4) is 0 Å². The summed E-state index contributed by atoms with van der Waals surface area (Å²) in [4.78, 5) is 0. The molecule has 216 valence electrons. The van der Waals surface area contributed by atoms with Crippen molar-refractivity contribution in [3.05, 3.63) is 130 Å². The SMILES string of the molecule is CC(C=CC1C(C)=CCCC1(C)C)=CC=CC(C)=C/C=C/C=C(C)/C=C/C=C(C)/C=C/C1=C(C)CCCC1(C)C. The minimum Gasteiger partial charge on any atom is -0.0850 e. The molecule has 0 radical (unpaired) electrons. The lowest BCUT2D eigenvalue weighted by Gasteiger charge is -2.36. The summed E-state index contributed by atoms with van der Waals surface area (Å²) in [6, 6.07) is 0. The van der Waals surface area contributed by atoms with Crippen LogP contribution in [0.5, 0.6) is 0 Å². The van der Waals surface area contributed by atoms with Crippen molar-refractivity contribution in [3.63, 3.8) is 0 Å². The first-order valence-corrected chi connectivity index (χ1v) is 15.3. The number of allylic oxidation sites excluding steroid dienone is 22. The van der Waals surface area contributed by atoms with Gasteiger partial charge in [-0.25, -0.2) is 0 Å². The van der Waals surface area contributed by atoms with Crippen LogP contribution in [0, 0.1) is 16.7 Å². The van der Waals surface area contributed by atoms with Gasteiger partial charge >= 0.3 is 0 Å². The second kappa shape index (κ2) is 15.8. The number of hydrogen-bond donors (Lipinski definition) is 0. The van der Waals surface area contributed by atoms with Crippen molar-refractivity contribution in [2.45, 2.75) is 101 Å². The number of hydrogen-bond acceptors (Lipinski definition) is 0. The first kappa shape index (κ1) is 33.3. The maximum Gasteiger partial charge on any atom is 0.00285 e. The minimum absolute atomic E-state index is 0.291. The van der Waals surface area contributed by atoms with Crippen molar-refractivity contribution in [2.75, 3.05) is 0 Å². The van der Waals surface area contributed by atoms with Crippen LogP contribution in [0.1, 0.15) is 101 Å². The maximum atomic E-state index is 2.41. The van der Waals surface area contributed by atoms with E-state index in [1.165, 1.54) is 65.5 Å². The molecule has 0 aromatic carbocycles. The predicted molar refractivity (Wildman–Crippen MR) is 181 cm³/mol. The fraction of sp³-hybridized carbons (Fsp3) is 0.450. The normalized spacial score (nSPS) is 23.6. The van der Waals surface area contributed by atoms with Gasteiger partial charge in [-0.3, -0.25) is 0 Å². The van der Waals surface area contributed by atoms with Crippen molar-refractivity contribution >= 4 is 0 Å². The number of rotatable bonds is 10. The van der Waals surface area contributed by atoms with Gasteiger partial charge in [0.2, 0.25) is 0 Å². The fourth-order valence-corrected chi connectivity index (χ4v) is 5.80. The van der Waals surface area contributed by atoms with E-state index in [1.807, 2.05) is 0 Å². The van der Waals surface area contributed by atoms with Gasteiger partial charge in [0.15, 0.2) is 0 Å². The largest absolute Gasteiger partial charge is 0.0850 e. The van der Waals surface area contributed by atoms with E-state index in [-0.39, 0.29) is 0 Å². The molecule has 0 aromatic rings. The molecule has 1 atom stereocenters. The molecule has 2 rings (SSSR count). The smallest absolute Gasteiger partial charge is 0.00285 e. The summed E-state index contributed by atoms with van der Waals surface area (Å²) in [6.45, 7) is 22.7. The standard InChI is InChI=1S/C40H56/c1-31(19-13-21-33(3)25-27-37-35(5)23-15-29-39(37,7)8)17-11-12-18-32(2)20-14-22-34(4)26-28-38-36(6)24-16-30-40(38,9)10/h11-14,17-23,25-28,37H,15-16,24,29-30H2,1-10H3/b12-11+,19-13?,20-14+,27-25?,28-26+,31-17?,32-18+,33-21?,34-22+. The molecule has 0 saturated carbocycles. The van der Waals surface area contributed by atoms with Gasteiger partial charge < -0.3 is 0 Å². The summed E-state index contributed by atoms with van der Waals surface area (Å²) < 4.78 is 0. The molecular weight excluding hydrogens is 480 g/mol. The Morgan fingerprint density at radius 2 is 1.23 bits per heavy atom. The van der Waals surface area contributed by atoms with E-state index >= 15 is 0 Å². The zero-order chi connectivity index (χ0) is 29.8. The highest BCUT2D eigenvalue weighted by molar-refractivity contribution is 5.37. The third-order valence-electron chi connectivity index (χ3n) is 8.46. The van der Waals surface area contributed by atoms with E-state index in [0.29, 0.717) is 16.7 Å². The Kier molecular flexibility index (Phi) is 13.2. The lowest BCUT2D eigenvalue weighted by Crippen LogP contribution is -2.26. The van der Waals surface area contributed by atoms with Gasteiger partial charge in [0.25, 0.3) is 0 Å². The van der Waals surface area contributed by atoms with E-state index in [9.17, 15) is 0 Å². The van der Waals surface area contributed by atoms with Crippen molar-refractivity contribution in [1.29, 1.82) is 0 Å². The molecule has 0 fully saturated rings. The first-order chi connectivity index (χ1) is 18.8. The maximum absolute atomic E-state index is 2.41. The molecule has 0 aromatic heterocycles. The van der Waals surface area contributed by atoms with Crippen LogP contribution >= 0.6 is 0 Å². The Balaban J connectivity index is 1.88. The van der Waals surface area contributed by atoms with Gasteiger partial charge in [0.05, 0.1) is 0 Å². The second-order valence-corrected chi connectivity index (χ2v) is 13.3. The summed E-state index contributed by atoms with van der Waals surface area (Å²) in [5.41, 5.74) is 10.2.